The number of anilines is 1. The van der Waals surface area contributed by atoms with Gasteiger partial charge in [0.1, 0.15) is 5.82 Å². The van der Waals surface area contributed by atoms with E-state index in [-0.39, 0.29) is 34.0 Å². The predicted molar refractivity (Wildman–Crippen MR) is 116 cm³/mol. The average Bonchev–Trinajstić information content (AvgIpc) is 3.38. The number of aliphatic hydroxyl groups is 1. The second-order valence-corrected chi connectivity index (χ2v) is 10.4. The fraction of sp³-hybridized carbons (Fsp3) is 0.476. The fourth-order valence-corrected chi connectivity index (χ4v) is 5.28. The molecule has 0 bridgehead atoms. The van der Waals surface area contributed by atoms with Crippen molar-refractivity contribution in [2.24, 2.45) is 5.14 Å². The highest BCUT2D eigenvalue weighted by Gasteiger charge is 2.36. The number of benzene rings is 1. The van der Waals surface area contributed by atoms with Gasteiger partial charge in [-0.2, -0.15) is 0 Å². The third-order valence-electron chi connectivity index (χ3n) is 5.11. The van der Waals surface area contributed by atoms with Crippen molar-refractivity contribution in [1.29, 1.82) is 0 Å². The van der Waals surface area contributed by atoms with E-state index in [0.29, 0.717) is 11.1 Å². The lowest BCUT2D eigenvalue weighted by atomic mass is 9.89. The molecule has 2 aromatic rings. The predicted octanol–water partition coefficient (Wildman–Crippen LogP) is 4.37. The molecule has 1 amide bonds. The van der Waals surface area contributed by atoms with Gasteiger partial charge < -0.3 is 9.66 Å². The molecule has 30 heavy (non-hydrogen) atoms. The van der Waals surface area contributed by atoms with E-state index in [4.69, 9.17) is 5.14 Å². The summed E-state index contributed by atoms with van der Waals surface area (Å²) < 4.78 is 41.7. The molecule has 0 radical (unpaired) electrons. The first-order valence-electron chi connectivity index (χ1n) is 9.73. The van der Waals surface area contributed by atoms with Gasteiger partial charge in [-0.05, 0) is 73.4 Å². The molecule has 1 aliphatic carbocycles. The van der Waals surface area contributed by atoms with Crippen molar-refractivity contribution in [2.45, 2.75) is 64.4 Å². The van der Waals surface area contributed by atoms with Crippen LogP contribution in [-0.2, 0) is 28.4 Å². The summed E-state index contributed by atoms with van der Waals surface area (Å²) in [4.78, 5) is 13.4. The van der Waals surface area contributed by atoms with Crippen molar-refractivity contribution in [1.82, 2.24) is 0 Å². The molecule has 1 atom stereocenters. The van der Waals surface area contributed by atoms with Crippen LogP contribution in [0.15, 0.2) is 18.2 Å². The molecule has 1 aromatic heterocycles. The van der Waals surface area contributed by atoms with Gasteiger partial charge in [-0.3, -0.25) is 4.79 Å². The first kappa shape index (κ1) is 23.1. The van der Waals surface area contributed by atoms with E-state index in [1.165, 1.54) is 26.0 Å². The maximum absolute atomic E-state index is 14.6. The van der Waals surface area contributed by atoms with Crippen LogP contribution in [0, 0.1) is 11.6 Å². The molecule has 0 spiro atoms. The zero-order valence-electron chi connectivity index (χ0n) is 17.4. The van der Waals surface area contributed by atoms with E-state index in [9.17, 15) is 23.2 Å². The molecule has 0 saturated heterocycles. The molecule has 9 heteroatoms. The van der Waals surface area contributed by atoms with Gasteiger partial charge in [-0.25, -0.2) is 8.78 Å². The summed E-state index contributed by atoms with van der Waals surface area (Å²) in [6.45, 7) is 6.80. The normalized spacial score (nSPS) is 15.5. The summed E-state index contributed by atoms with van der Waals surface area (Å²) >= 11 is -1.48. The number of hydrogen-bond acceptors (Lipinski definition) is 5. The molecule has 1 fully saturated rings. The van der Waals surface area contributed by atoms with Crippen LogP contribution in [0.3, 0.4) is 0 Å². The molecular weight excluding hydrogens is 430 g/mol. The topological polar surface area (TPSA) is 89.6 Å². The summed E-state index contributed by atoms with van der Waals surface area (Å²) in [5.41, 5.74) is 0.847. The lowest BCUT2D eigenvalue weighted by Gasteiger charge is -2.22. The molecular formula is C21H26F2N2O3S2. The lowest BCUT2D eigenvalue weighted by Crippen LogP contribution is -2.42. The van der Waals surface area contributed by atoms with E-state index in [1.807, 2.05) is 13.8 Å². The van der Waals surface area contributed by atoms with Crippen LogP contribution >= 0.6 is 11.3 Å². The highest BCUT2D eigenvalue weighted by atomic mass is 32.2. The molecule has 5 nitrogen and oxygen atoms in total. The maximum Gasteiger partial charge on any atom is 0.277 e. The molecule has 0 aliphatic heterocycles. The average molecular weight is 457 g/mol. The van der Waals surface area contributed by atoms with Gasteiger partial charge in [-0.1, -0.05) is 18.2 Å². The molecule has 1 heterocycles. The smallest absolute Gasteiger partial charge is 0.277 e. The van der Waals surface area contributed by atoms with Crippen LogP contribution in [0.2, 0.25) is 0 Å². The summed E-state index contributed by atoms with van der Waals surface area (Å²) in [7, 11) is 0. The van der Waals surface area contributed by atoms with Crippen molar-refractivity contribution in [3.8, 4) is 0 Å². The minimum atomic E-state index is -2.31. The molecule has 0 unspecified atom stereocenters. The zero-order chi connectivity index (χ0) is 22.4. The molecule has 1 saturated carbocycles. The Morgan fingerprint density at radius 3 is 2.47 bits per heavy atom. The van der Waals surface area contributed by atoms with Crippen LogP contribution in [0.25, 0.3) is 0 Å². The van der Waals surface area contributed by atoms with Gasteiger partial charge in [0.25, 0.3) is 5.91 Å². The van der Waals surface area contributed by atoms with Gasteiger partial charge in [-0.15, -0.1) is 16.5 Å². The van der Waals surface area contributed by atoms with Crippen LogP contribution in [-0.4, -0.2) is 15.6 Å². The fourth-order valence-electron chi connectivity index (χ4n) is 3.48. The van der Waals surface area contributed by atoms with Gasteiger partial charge in [0, 0.05) is 4.88 Å². The van der Waals surface area contributed by atoms with E-state index >= 15 is 0 Å². The Hall–Kier alpha value is -1.52. The number of thiophene rings is 1. The molecule has 3 N–H and O–H groups in total. The Labute approximate surface area is 182 Å². The van der Waals surface area contributed by atoms with Crippen molar-refractivity contribution < 1.29 is 23.2 Å². The molecule has 164 valence electrons. The van der Waals surface area contributed by atoms with Crippen molar-refractivity contribution in [3.63, 3.8) is 0 Å². The minimum Gasteiger partial charge on any atom is -0.573 e. The number of halogens is 2. The second-order valence-electron chi connectivity index (χ2n) is 8.46. The molecule has 1 aliphatic rings. The number of amides is 1. The third kappa shape index (κ3) is 4.86. The third-order valence-corrected chi connectivity index (χ3v) is 7.38. The zero-order valence-corrected chi connectivity index (χ0v) is 19.0. The summed E-state index contributed by atoms with van der Waals surface area (Å²) in [6, 6.07) is 3.98. The van der Waals surface area contributed by atoms with Crippen LogP contribution in [0.4, 0.5) is 13.8 Å². The number of carbonyl (C=O) groups excluding carboxylic acids is 1. The van der Waals surface area contributed by atoms with E-state index < -0.39 is 28.9 Å². The second kappa shape index (κ2) is 8.55. The van der Waals surface area contributed by atoms with E-state index in [2.05, 4.69) is 0 Å². The molecule has 3 rings (SSSR count). The summed E-state index contributed by atoms with van der Waals surface area (Å²) in [5.74, 6) is -1.62. The lowest BCUT2D eigenvalue weighted by molar-refractivity contribution is -0.116. The number of carbonyl (C=O) groups is 1. The van der Waals surface area contributed by atoms with E-state index in [1.54, 1.807) is 0 Å². The number of nitrogens with two attached hydrogens (primary N) is 1. The van der Waals surface area contributed by atoms with Crippen molar-refractivity contribution >= 4 is 33.8 Å². The molecule has 1 aromatic carbocycles. The Morgan fingerprint density at radius 2 is 2.00 bits per heavy atom. The number of nitrogens with zero attached hydrogens (tertiary/aromatic N) is 1. The largest absolute Gasteiger partial charge is 0.573 e. The van der Waals surface area contributed by atoms with Crippen molar-refractivity contribution in [3.05, 3.63) is 51.4 Å². The Morgan fingerprint density at radius 1 is 1.37 bits per heavy atom. The quantitative estimate of drug-likeness (QED) is 0.606. The van der Waals surface area contributed by atoms with Gasteiger partial charge in [0.15, 0.2) is 22.4 Å². The minimum absolute atomic E-state index is 0.0295. The SMILES string of the molecule is CC(C)c1cc(F)cc(C2CC2)c1CC(=O)N(c1sc(C(C)(C)O)cc1F)[S@+](N)[O-]. The van der Waals surface area contributed by atoms with E-state index in [0.717, 1.165) is 40.1 Å². The van der Waals surface area contributed by atoms with Crippen LogP contribution < -0.4 is 9.44 Å². The maximum atomic E-state index is 14.6. The number of hydrogen-bond donors (Lipinski definition) is 2. The van der Waals surface area contributed by atoms with Gasteiger partial charge in [0.2, 0.25) is 0 Å². The van der Waals surface area contributed by atoms with Crippen LogP contribution in [0.5, 0.6) is 0 Å². The standard InChI is InChI=1S/C21H26F2N2O3S2/c1-11(2)14-7-13(22)8-15(12-5-6-12)16(14)9-19(26)25(30(24)28)20-17(23)10-18(29-20)21(3,4)27/h7-8,10-12,27H,5-6,9,24H2,1-4H3/t30-/m0/s1. The van der Waals surface area contributed by atoms with Gasteiger partial charge >= 0.3 is 0 Å². The van der Waals surface area contributed by atoms with Crippen LogP contribution in [0.1, 0.15) is 73.9 Å². The summed E-state index contributed by atoms with van der Waals surface area (Å²) in [5, 5.41) is 15.5. The number of rotatable bonds is 7. The highest BCUT2D eigenvalue weighted by molar-refractivity contribution is 7.91. The highest BCUT2D eigenvalue weighted by Crippen LogP contribution is 2.44. The Bertz CT molecular complexity index is 927. The summed E-state index contributed by atoms with van der Waals surface area (Å²) in [6.07, 6.45) is 1.67. The first-order valence-corrected chi connectivity index (χ1v) is 11.7. The van der Waals surface area contributed by atoms with Gasteiger partial charge in [0.05, 0.1) is 12.0 Å². The monoisotopic (exact) mass is 456 g/mol. The Kier molecular flexibility index (Phi) is 6.60. The first-order chi connectivity index (χ1) is 13.9. The Balaban J connectivity index is 2.01. The van der Waals surface area contributed by atoms with Crippen molar-refractivity contribution in [2.75, 3.05) is 4.31 Å².